The van der Waals surface area contributed by atoms with Crippen molar-refractivity contribution in [2.24, 2.45) is 0 Å². The number of hydrogen-bond acceptors (Lipinski definition) is 6. The van der Waals surface area contributed by atoms with Gasteiger partial charge in [-0.2, -0.15) is 0 Å². The van der Waals surface area contributed by atoms with Crippen molar-refractivity contribution in [2.45, 2.75) is 16.2 Å². The standard InChI is InChI=1S/C18H19NO5S2/c1-25-14-4-2-3-13(11-14)19-18(20)7-10-26(21,22)15-5-6-16-17(12-15)24-9-8-23-16/h2-6,11-12H,7-10H2,1H3,(H,19,20). The van der Waals surface area contributed by atoms with Crippen molar-refractivity contribution in [3.63, 3.8) is 0 Å². The van der Waals surface area contributed by atoms with E-state index in [-0.39, 0.29) is 23.0 Å². The molecule has 1 aliphatic rings. The molecule has 1 amide bonds. The van der Waals surface area contributed by atoms with E-state index >= 15 is 0 Å². The molecule has 0 atom stereocenters. The zero-order chi connectivity index (χ0) is 18.6. The summed E-state index contributed by atoms with van der Waals surface area (Å²) in [7, 11) is -3.59. The van der Waals surface area contributed by atoms with E-state index in [2.05, 4.69) is 5.32 Å². The summed E-state index contributed by atoms with van der Waals surface area (Å²) in [5.41, 5.74) is 0.651. The Hall–Kier alpha value is -2.19. The van der Waals surface area contributed by atoms with Crippen molar-refractivity contribution in [3.8, 4) is 11.5 Å². The van der Waals surface area contributed by atoms with Gasteiger partial charge in [-0.25, -0.2) is 8.42 Å². The van der Waals surface area contributed by atoms with Crippen LogP contribution in [-0.2, 0) is 14.6 Å². The summed E-state index contributed by atoms with van der Waals surface area (Å²) in [6.07, 6.45) is 1.82. The number of anilines is 1. The number of carbonyl (C=O) groups is 1. The van der Waals surface area contributed by atoms with Gasteiger partial charge in [0.2, 0.25) is 5.91 Å². The van der Waals surface area contributed by atoms with E-state index in [0.29, 0.717) is 30.4 Å². The Morgan fingerprint density at radius 3 is 2.65 bits per heavy atom. The van der Waals surface area contributed by atoms with E-state index < -0.39 is 9.84 Å². The molecule has 0 bridgehead atoms. The lowest BCUT2D eigenvalue weighted by Crippen LogP contribution is -2.18. The molecule has 2 aromatic carbocycles. The fourth-order valence-corrected chi connectivity index (χ4v) is 4.20. The van der Waals surface area contributed by atoms with Gasteiger partial charge in [0.1, 0.15) is 13.2 Å². The maximum absolute atomic E-state index is 12.5. The number of thioether (sulfide) groups is 1. The Morgan fingerprint density at radius 1 is 1.12 bits per heavy atom. The van der Waals surface area contributed by atoms with Crippen LogP contribution in [0, 0.1) is 0 Å². The van der Waals surface area contributed by atoms with E-state index in [1.807, 2.05) is 24.5 Å². The Balaban J connectivity index is 1.63. The summed E-state index contributed by atoms with van der Waals surface area (Å²) in [6, 6.07) is 11.9. The largest absolute Gasteiger partial charge is 0.486 e. The molecule has 2 aromatic rings. The highest BCUT2D eigenvalue weighted by molar-refractivity contribution is 7.98. The first kappa shape index (κ1) is 18.6. The number of amides is 1. The van der Waals surface area contributed by atoms with E-state index in [4.69, 9.17) is 9.47 Å². The number of rotatable bonds is 6. The summed E-state index contributed by atoms with van der Waals surface area (Å²) < 4.78 is 35.8. The predicted octanol–water partition coefficient (Wildman–Crippen LogP) is 2.98. The summed E-state index contributed by atoms with van der Waals surface area (Å²) in [5.74, 6) is 0.322. The zero-order valence-electron chi connectivity index (χ0n) is 14.2. The molecule has 0 radical (unpaired) electrons. The number of carbonyl (C=O) groups excluding carboxylic acids is 1. The topological polar surface area (TPSA) is 81.7 Å². The number of nitrogens with one attached hydrogen (secondary N) is 1. The number of ether oxygens (including phenoxy) is 2. The highest BCUT2D eigenvalue weighted by atomic mass is 32.2. The molecular weight excluding hydrogens is 374 g/mol. The number of benzene rings is 2. The lowest BCUT2D eigenvalue weighted by molar-refractivity contribution is -0.115. The van der Waals surface area contributed by atoms with Gasteiger partial charge in [-0.3, -0.25) is 4.79 Å². The highest BCUT2D eigenvalue weighted by Crippen LogP contribution is 2.32. The van der Waals surface area contributed by atoms with E-state index in [1.165, 1.54) is 12.1 Å². The zero-order valence-corrected chi connectivity index (χ0v) is 15.9. The van der Waals surface area contributed by atoms with Gasteiger partial charge in [0.05, 0.1) is 10.6 Å². The van der Waals surface area contributed by atoms with Gasteiger partial charge < -0.3 is 14.8 Å². The first-order chi connectivity index (χ1) is 12.5. The van der Waals surface area contributed by atoms with Gasteiger partial charge in [0.15, 0.2) is 21.3 Å². The van der Waals surface area contributed by atoms with E-state index in [0.717, 1.165) is 4.90 Å². The Kier molecular flexibility index (Phi) is 5.73. The first-order valence-electron chi connectivity index (χ1n) is 8.04. The molecule has 0 fully saturated rings. The van der Waals surface area contributed by atoms with Gasteiger partial charge in [-0.1, -0.05) is 6.07 Å². The van der Waals surface area contributed by atoms with Crippen LogP contribution in [-0.4, -0.2) is 39.5 Å². The minimum atomic E-state index is -3.59. The minimum absolute atomic E-state index is 0.124. The number of sulfone groups is 1. The third-order valence-electron chi connectivity index (χ3n) is 3.82. The van der Waals surface area contributed by atoms with Crippen molar-refractivity contribution < 1.29 is 22.7 Å². The number of hydrogen-bond donors (Lipinski definition) is 1. The fourth-order valence-electron chi connectivity index (χ4n) is 2.49. The van der Waals surface area contributed by atoms with Crippen molar-refractivity contribution in [2.75, 3.05) is 30.5 Å². The fraction of sp³-hybridized carbons (Fsp3) is 0.278. The summed E-state index contributed by atoms with van der Waals surface area (Å²) in [6.45, 7) is 0.824. The van der Waals surface area contributed by atoms with Crippen LogP contribution < -0.4 is 14.8 Å². The molecule has 0 aliphatic carbocycles. The average molecular weight is 393 g/mol. The Morgan fingerprint density at radius 2 is 1.88 bits per heavy atom. The molecule has 0 saturated heterocycles. The quantitative estimate of drug-likeness (QED) is 0.760. The van der Waals surface area contributed by atoms with Gasteiger partial charge in [0, 0.05) is 23.1 Å². The second-order valence-corrected chi connectivity index (χ2v) is 8.64. The Bertz CT molecular complexity index is 912. The van der Waals surface area contributed by atoms with Crippen LogP contribution in [0.2, 0.25) is 0 Å². The van der Waals surface area contributed by atoms with Crippen molar-refractivity contribution in [1.82, 2.24) is 0 Å². The van der Waals surface area contributed by atoms with Gasteiger partial charge >= 0.3 is 0 Å². The monoisotopic (exact) mass is 393 g/mol. The third kappa shape index (κ3) is 4.50. The summed E-state index contributed by atoms with van der Waals surface area (Å²) in [4.78, 5) is 13.2. The van der Waals surface area contributed by atoms with Gasteiger partial charge in [0.25, 0.3) is 0 Å². The normalized spacial score (nSPS) is 13.3. The lowest BCUT2D eigenvalue weighted by atomic mass is 10.3. The smallest absolute Gasteiger partial charge is 0.225 e. The molecule has 1 heterocycles. The van der Waals surface area contributed by atoms with Crippen LogP contribution in [0.5, 0.6) is 11.5 Å². The van der Waals surface area contributed by atoms with Crippen LogP contribution in [0.3, 0.4) is 0 Å². The number of fused-ring (bicyclic) bond motifs is 1. The lowest BCUT2D eigenvalue weighted by Gasteiger charge is -2.18. The maximum atomic E-state index is 12.5. The molecule has 0 unspecified atom stereocenters. The molecule has 1 aliphatic heterocycles. The second-order valence-electron chi connectivity index (χ2n) is 5.65. The summed E-state index contributed by atoms with van der Waals surface area (Å²) >= 11 is 1.57. The van der Waals surface area contributed by atoms with Gasteiger partial charge in [-0.15, -0.1) is 11.8 Å². The molecule has 1 N–H and O–H groups in total. The SMILES string of the molecule is CSc1cccc(NC(=O)CCS(=O)(=O)c2ccc3c(c2)OCCO3)c1. The summed E-state index contributed by atoms with van der Waals surface area (Å²) in [5, 5.41) is 2.73. The first-order valence-corrected chi connectivity index (χ1v) is 10.9. The molecule has 0 spiro atoms. The predicted molar refractivity (Wildman–Crippen MR) is 101 cm³/mol. The van der Waals surface area contributed by atoms with Crippen molar-refractivity contribution in [3.05, 3.63) is 42.5 Å². The third-order valence-corrected chi connectivity index (χ3v) is 6.26. The molecule has 6 nitrogen and oxygen atoms in total. The van der Waals surface area contributed by atoms with E-state index in [1.54, 1.807) is 23.9 Å². The molecule has 0 aromatic heterocycles. The van der Waals surface area contributed by atoms with Crippen molar-refractivity contribution in [1.29, 1.82) is 0 Å². The average Bonchev–Trinajstić information content (AvgIpc) is 2.66. The van der Waals surface area contributed by atoms with Crippen LogP contribution in [0.4, 0.5) is 5.69 Å². The Labute approximate surface area is 156 Å². The van der Waals surface area contributed by atoms with Crippen LogP contribution in [0.15, 0.2) is 52.3 Å². The van der Waals surface area contributed by atoms with Crippen LogP contribution >= 0.6 is 11.8 Å². The van der Waals surface area contributed by atoms with Gasteiger partial charge in [-0.05, 0) is 36.6 Å². The van der Waals surface area contributed by atoms with Crippen molar-refractivity contribution >= 4 is 33.2 Å². The molecule has 8 heteroatoms. The van der Waals surface area contributed by atoms with E-state index in [9.17, 15) is 13.2 Å². The molecular formula is C18H19NO5S2. The molecule has 0 saturated carbocycles. The molecule has 138 valence electrons. The highest BCUT2D eigenvalue weighted by Gasteiger charge is 2.20. The maximum Gasteiger partial charge on any atom is 0.225 e. The minimum Gasteiger partial charge on any atom is -0.486 e. The van der Waals surface area contributed by atoms with Crippen LogP contribution in [0.25, 0.3) is 0 Å². The molecule has 26 heavy (non-hydrogen) atoms. The molecule has 3 rings (SSSR count). The van der Waals surface area contributed by atoms with Crippen LogP contribution in [0.1, 0.15) is 6.42 Å². The second kappa shape index (κ2) is 8.01.